The lowest BCUT2D eigenvalue weighted by molar-refractivity contribution is -0.131. The maximum absolute atomic E-state index is 13.2. The van der Waals surface area contributed by atoms with E-state index < -0.39 is 17.6 Å². The summed E-state index contributed by atoms with van der Waals surface area (Å²) in [7, 11) is 1.59. The summed E-state index contributed by atoms with van der Waals surface area (Å²) in [6.07, 6.45) is 2.38. The molecular weight excluding hydrogens is 372 g/mol. The molecule has 2 aromatic rings. The number of nitrogens with zero attached hydrogens (tertiary/aromatic N) is 2. The fourth-order valence-corrected chi connectivity index (χ4v) is 3.81. The Morgan fingerprint density at radius 1 is 1.24 bits per heavy atom. The van der Waals surface area contributed by atoms with Crippen LogP contribution in [0.3, 0.4) is 0 Å². The smallest absolute Gasteiger partial charge is 0.267 e. The molecule has 2 amide bonds. The molecule has 3 atom stereocenters. The lowest BCUT2D eigenvalue weighted by Gasteiger charge is -2.26. The van der Waals surface area contributed by atoms with Gasteiger partial charge in [0.05, 0.1) is 18.4 Å². The fourth-order valence-electron chi connectivity index (χ4n) is 3.81. The maximum atomic E-state index is 13.2. The standard InChI is InChI=1S/C21H26N4O4/c1-11-16(14-7-9-23-12(2)17(14)28-5)18(29-21(11,3)4)20(27)25-13-6-8-24-15(10-13)19(22)26/h6-11,16,18H,1-5H3,(H2,22,26)(H,24,25,27)/t11-,16-,18+/m1/s1. The third-order valence-electron chi connectivity index (χ3n) is 5.61. The third kappa shape index (κ3) is 3.93. The number of nitrogens with two attached hydrogens (primary N) is 1. The first kappa shape index (κ1) is 20.7. The number of hydrogen-bond acceptors (Lipinski definition) is 6. The Kier molecular flexibility index (Phi) is 5.57. The number of hydrogen-bond donors (Lipinski definition) is 2. The highest BCUT2D eigenvalue weighted by Crippen LogP contribution is 2.48. The van der Waals surface area contributed by atoms with Gasteiger partial charge in [-0.15, -0.1) is 0 Å². The van der Waals surface area contributed by atoms with Crippen molar-refractivity contribution in [2.45, 2.75) is 45.3 Å². The van der Waals surface area contributed by atoms with Crippen molar-refractivity contribution >= 4 is 17.5 Å². The molecule has 0 saturated carbocycles. The first-order chi connectivity index (χ1) is 13.7. The SMILES string of the molecule is COc1c([C@@H]2[C@@H](C(=O)Nc3ccnc(C(N)=O)c3)OC(C)(C)[C@@H]2C)ccnc1C. The van der Waals surface area contributed by atoms with Gasteiger partial charge in [-0.05, 0) is 44.9 Å². The van der Waals surface area contributed by atoms with Crippen LogP contribution in [0.15, 0.2) is 30.6 Å². The zero-order chi connectivity index (χ0) is 21.3. The Labute approximate surface area is 169 Å². The first-order valence-corrected chi connectivity index (χ1v) is 9.39. The Morgan fingerprint density at radius 3 is 2.59 bits per heavy atom. The number of primary amides is 1. The summed E-state index contributed by atoms with van der Waals surface area (Å²) in [6.45, 7) is 7.86. The molecule has 3 rings (SSSR count). The number of pyridine rings is 2. The number of ether oxygens (including phenoxy) is 2. The van der Waals surface area contributed by atoms with E-state index in [4.69, 9.17) is 15.2 Å². The molecule has 0 unspecified atom stereocenters. The molecule has 3 heterocycles. The summed E-state index contributed by atoms with van der Waals surface area (Å²) in [5.74, 6) is -0.525. The van der Waals surface area contributed by atoms with Crippen LogP contribution in [0.2, 0.25) is 0 Å². The Morgan fingerprint density at radius 2 is 1.93 bits per heavy atom. The normalized spacial score (nSPS) is 22.9. The predicted molar refractivity (Wildman–Crippen MR) is 108 cm³/mol. The van der Waals surface area contributed by atoms with Gasteiger partial charge in [-0.2, -0.15) is 0 Å². The van der Waals surface area contributed by atoms with Gasteiger partial charge in [-0.3, -0.25) is 19.6 Å². The molecule has 8 heteroatoms. The van der Waals surface area contributed by atoms with Crippen LogP contribution in [0.5, 0.6) is 5.75 Å². The van der Waals surface area contributed by atoms with Crippen molar-refractivity contribution in [2.24, 2.45) is 11.7 Å². The average molecular weight is 398 g/mol. The van der Waals surface area contributed by atoms with Crippen LogP contribution in [0, 0.1) is 12.8 Å². The summed E-state index contributed by atoms with van der Waals surface area (Å²) in [5, 5.41) is 2.82. The van der Waals surface area contributed by atoms with Gasteiger partial charge in [0.15, 0.2) is 0 Å². The highest BCUT2D eigenvalue weighted by molar-refractivity contribution is 5.97. The van der Waals surface area contributed by atoms with Crippen LogP contribution in [-0.4, -0.2) is 40.6 Å². The van der Waals surface area contributed by atoms with Gasteiger partial charge in [-0.25, -0.2) is 0 Å². The quantitative estimate of drug-likeness (QED) is 0.799. The largest absolute Gasteiger partial charge is 0.495 e. The number of rotatable bonds is 5. The highest BCUT2D eigenvalue weighted by atomic mass is 16.5. The summed E-state index contributed by atoms with van der Waals surface area (Å²) in [4.78, 5) is 32.7. The number of methoxy groups -OCH3 is 1. The molecule has 1 fully saturated rings. The zero-order valence-corrected chi connectivity index (χ0v) is 17.2. The van der Waals surface area contributed by atoms with Crippen LogP contribution in [0.25, 0.3) is 0 Å². The van der Waals surface area contributed by atoms with E-state index in [9.17, 15) is 9.59 Å². The van der Waals surface area contributed by atoms with Gasteiger partial charge in [0, 0.05) is 29.6 Å². The number of carbonyl (C=O) groups excluding carboxylic acids is 2. The molecule has 1 aliphatic heterocycles. The number of nitrogens with one attached hydrogen (secondary N) is 1. The number of carbonyl (C=O) groups is 2. The molecule has 1 saturated heterocycles. The van der Waals surface area contributed by atoms with Crippen molar-refractivity contribution < 1.29 is 19.1 Å². The van der Waals surface area contributed by atoms with Gasteiger partial charge < -0.3 is 20.5 Å². The lowest BCUT2D eigenvalue weighted by atomic mass is 9.78. The predicted octanol–water partition coefficient (Wildman–Crippen LogP) is 2.43. The summed E-state index contributed by atoms with van der Waals surface area (Å²) >= 11 is 0. The van der Waals surface area contributed by atoms with Gasteiger partial charge >= 0.3 is 0 Å². The van der Waals surface area contributed by atoms with Crippen molar-refractivity contribution in [1.82, 2.24) is 9.97 Å². The van der Waals surface area contributed by atoms with Crippen molar-refractivity contribution in [2.75, 3.05) is 12.4 Å². The Balaban J connectivity index is 1.96. The molecule has 0 bridgehead atoms. The number of aryl methyl sites for hydroxylation is 1. The van der Waals surface area contributed by atoms with E-state index >= 15 is 0 Å². The topological polar surface area (TPSA) is 116 Å². The average Bonchev–Trinajstić information content (AvgIpc) is 2.91. The second-order valence-electron chi connectivity index (χ2n) is 7.76. The van der Waals surface area contributed by atoms with Crippen LogP contribution < -0.4 is 15.8 Å². The van der Waals surface area contributed by atoms with Gasteiger partial charge in [-0.1, -0.05) is 6.92 Å². The van der Waals surface area contributed by atoms with E-state index in [2.05, 4.69) is 22.2 Å². The molecule has 0 aliphatic carbocycles. The molecule has 29 heavy (non-hydrogen) atoms. The summed E-state index contributed by atoms with van der Waals surface area (Å²) in [6, 6.07) is 4.91. The van der Waals surface area contributed by atoms with Crippen molar-refractivity contribution in [3.05, 3.63) is 47.5 Å². The monoisotopic (exact) mass is 398 g/mol. The minimum atomic E-state index is -0.749. The maximum Gasteiger partial charge on any atom is 0.267 e. The minimum Gasteiger partial charge on any atom is -0.495 e. The molecule has 2 aromatic heterocycles. The van der Waals surface area contributed by atoms with E-state index in [1.54, 1.807) is 19.4 Å². The number of aromatic nitrogens is 2. The van der Waals surface area contributed by atoms with Gasteiger partial charge in [0.2, 0.25) is 0 Å². The molecular formula is C21H26N4O4. The molecule has 3 N–H and O–H groups in total. The summed E-state index contributed by atoms with van der Waals surface area (Å²) in [5.41, 5.74) is 6.89. The Bertz CT molecular complexity index is 944. The van der Waals surface area contributed by atoms with E-state index in [0.717, 1.165) is 11.3 Å². The van der Waals surface area contributed by atoms with Crippen LogP contribution in [0.1, 0.15) is 48.4 Å². The van der Waals surface area contributed by atoms with Crippen LogP contribution >= 0.6 is 0 Å². The minimum absolute atomic E-state index is 0.0348. The molecule has 154 valence electrons. The molecule has 0 radical (unpaired) electrons. The van der Waals surface area contributed by atoms with E-state index in [1.165, 1.54) is 12.3 Å². The third-order valence-corrected chi connectivity index (χ3v) is 5.61. The van der Waals surface area contributed by atoms with Crippen molar-refractivity contribution in [1.29, 1.82) is 0 Å². The zero-order valence-electron chi connectivity index (χ0n) is 17.2. The second kappa shape index (κ2) is 7.79. The molecule has 8 nitrogen and oxygen atoms in total. The Hall–Kier alpha value is -3.00. The molecule has 0 spiro atoms. The summed E-state index contributed by atoms with van der Waals surface area (Å²) < 4.78 is 11.8. The number of anilines is 1. The fraction of sp³-hybridized carbons (Fsp3) is 0.429. The van der Waals surface area contributed by atoms with Crippen LogP contribution in [0.4, 0.5) is 5.69 Å². The first-order valence-electron chi connectivity index (χ1n) is 9.39. The van der Waals surface area contributed by atoms with Gasteiger partial charge in [0.25, 0.3) is 11.8 Å². The lowest BCUT2D eigenvalue weighted by Crippen LogP contribution is -2.33. The molecule has 0 aromatic carbocycles. The molecule has 1 aliphatic rings. The number of amides is 2. The van der Waals surface area contributed by atoms with Crippen molar-refractivity contribution in [3.8, 4) is 5.75 Å². The van der Waals surface area contributed by atoms with Gasteiger partial charge in [0.1, 0.15) is 17.5 Å². The van der Waals surface area contributed by atoms with Crippen LogP contribution in [-0.2, 0) is 9.53 Å². The highest BCUT2D eigenvalue weighted by Gasteiger charge is 2.51. The van der Waals surface area contributed by atoms with E-state index in [0.29, 0.717) is 11.4 Å². The van der Waals surface area contributed by atoms with E-state index in [1.807, 2.05) is 26.8 Å². The van der Waals surface area contributed by atoms with Crippen molar-refractivity contribution in [3.63, 3.8) is 0 Å². The second-order valence-corrected chi connectivity index (χ2v) is 7.76. The van der Waals surface area contributed by atoms with E-state index in [-0.39, 0.29) is 23.4 Å².